The van der Waals surface area contributed by atoms with Crippen molar-refractivity contribution in [1.29, 1.82) is 0 Å². The lowest BCUT2D eigenvalue weighted by Gasteiger charge is -1.98. The van der Waals surface area contributed by atoms with Crippen LogP contribution in [0, 0.1) is 5.82 Å². The molecule has 0 atom stereocenters. The van der Waals surface area contributed by atoms with Gasteiger partial charge in [0.15, 0.2) is 0 Å². The van der Waals surface area contributed by atoms with Gasteiger partial charge >= 0.3 is 10.2 Å². The van der Waals surface area contributed by atoms with E-state index in [1.807, 2.05) is 0 Å². The first-order chi connectivity index (χ1) is 6.47. The molecule has 0 N–H and O–H groups in total. The zero-order chi connectivity index (χ0) is 10.6. The van der Waals surface area contributed by atoms with E-state index in [0.29, 0.717) is 6.42 Å². The second-order valence-corrected chi connectivity index (χ2v) is 4.46. The molecule has 14 heavy (non-hydrogen) atoms. The van der Waals surface area contributed by atoms with Gasteiger partial charge in [-0.25, -0.2) is 4.39 Å². The minimum absolute atomic E-state index is 0.213. The van der Waals surface area contributed by atoms with E-state index in [1.54, 1.807) is 12.1 Å². The molecule has 0 unspecified atom stereocenters. The number of hydrogen-bond donors (Lipinski definition) is 0. The van der Waals surface area contributed by atoms with Crippen LogP contribution in [0.4, 0.5) is 8.28 Å². The van der Waals surface area contributed by atoms with Gasteiger partial charge in [0.25, 0.3) is 0 Å². The molecule has 0 aromatic heterocycles. The average Bonchev–Trinajstić information content (AvgIpc) is 2.06. The Bertz CT molecular complexity index is 384. The molecule has 1 aromatic carbocycles. The Labute approximate surface area is 81.8 Å². The molecule has 2 nitrogen and oxygen atoms in total. The summed E-state index contributed by atoms with van der Waals surface area (Å²) in [7, 11) is -4.38. The Balaban J connectivity index is 2.43. The second-order valence-electron chi connectivity index (χ2n) is 2.97. The van der Waals surface area contributed by atoms with Crippen molar-refractivity contribution in [3.05, 3.63) is 35.6 Å². The van der Waals surface area contributed by atoms with Crippen LogP contribution in [0.1, 0.15) is 12.0 Å². The van der Waals surface area contributed by atoms with Gasteiger partial charge in [0, 0.05) is 0 Å². The van der Waals surface area contributed by atoms with Crippen molar-refractivity contribution in [1.82, 2.24) is 0 Å². The molecule has 5 heteroatoms. The summed E-state index contributed by atoms with van der Waals surface area (Å²) in [4.78, 5) is 0. The van der Waals surface area contributed by atoms with Crippen LogP contribution in [-0.4, -0.2) is 14.2 Å². The van der Waals surface area contributed by atoms with Crippen molar-refractivity contribution in [3.63, 3.8) is 0 Å². The minimum Gasteiger partial charge on any atom is -0.207 e. The second kappa shape index (κ2) is 4.50. The van der Waals surface area contributed by atoms with Crippen molar-refractivity contribution >= 4 is 10.2 Å². The highest BCUT2D eigenvalue weighted by Crippen LogP contribution is 2.06. The van der Waals surface area contributed by atoms with E-state index in [1.165, 1.54) is 12.1 Å². The molecule has 0 saturated heterocycles. The van der Waals surface area contributed by atoms with Gasteiger partial charge in [0.05, 0.1) is 5.75 Å². The molecule has 0 radical (unpaired) electrons. The molecule has 0 aliphatic rings. The summed E-state index contributed by atoms with van der Waals surface area (Å²) in [6.45, 7) is 0. The van der Waals surface area contributed by atoms with Crippen molar-refractivity contribution in [2.45, 2.75) is 12.8 Å². The summed E-state index contributed by atoms with van der Waals surface area (Å²) in [6.07, 6.45) is 0.647. The Hall–Kier alpha value is -0.970. The fourth-order valence-corrected chi connectivity index (χ4v) is 1.59. The molecule has 1 aromatic rings. The number of hydrogen-bond acceptors (Lipinski definition) is 2. The van der Waals surface area contributed by atoms with E-state index in [-0.39, 0.29) is 12.2 Å². The van der Waals surface area contributed by atoms with Crippen LogP contribution < -0.4 is 0 Å². The van der Waals surface area contributed by atoms with Crippen molar-refractivity contribution in [2.75, 3.05) is 5.75 Å². The molecule has 0 aliphatic carbocycles. The Morgan fingerprint density at radius 2 is 1.71 bits per heavy atom. The predicted molar refractivity (Wildman–Crippen MR) is 49.6 cm³/mol. The number of halogens is 2. The first-order valence-electron chi connectivity index (χ1n) is 4.14. The highest BCUT2D eigenvalue weighted by molar-refractivity contribution is 7.86. The quantitative estimate of drug-likeness (QED) is 0.728. The summed E-state index contributed by atoms with van der Waals surface area (Å²) >= 11 is 0. The molecular weight excluding hydrogens is 210 g/mol. The topological polar surface area (TPSA) is 34.1 Å². The summed E-state index contributed by atoms with van der Waals surface area (Å²) in [5.41, 5.74) is 0.801. The minimum atomic E-state index is -4.38. The van der Waals surface area contributed by atoms with E-state index in [9.17, 15) is 16.7 Å². The summed E-state index contributed by atoms with van der Waals surface area (Å²) < 4.78 is 44.8. The van der Waals surface area contributed by atoms with E-state index in [0.717, 1.165) is 5.56 Å². The third-order valence-corrected chi connectivity index (χ3v) is 2.54. The molecule has 0 spiro atoms. The van der Waals surface area contributed by atoms with Crippen LogP contribution in [0.3, 0.4) is 0 Å². The van der Waals surface area contributed by atoms with E-state index in [2.05, 4.69) is 0 Å². The van der Waals surface area contributed by atoms with Crippen LogP contribution in [-0.2, 0) is 16.6 Å². The molecule has 0 bridgehead atoms. The van der Waals surface area contributed by atoms with Crippen LogP contribution in [0.2, 0.25) is 0 Å². The predicted octanol–water partition coefficient (Wildman–Crippen LogP) is 2.06. The molecule has 1 rings (SSSR count). The van der Waals surface area contributed by atoms with Crippen molar-refractivity contribution in [2.24, 2.45) is 0 Å². The molecular formula is C9H10F2O2S. The first kappa shape index (κ1) is 11.1. The van der Waals surface area contributed by atoms with E-state index >= 15 is 0 Å². The van der Waals surface area contributed by atoms with Gasteiger partial charge in [0.1, 0.15) is 5.82 Å². The fourth-order valence-electron chi connectivity index (χ4n) is 1.10. The molecule has 0 fully saturated rings. The largest absolute Gasteiger partial charge is 0.302 e. The molecule has 0 amide bonds. The third kappa shape index (κ3) is 4.32. The van der Waals surface area contributed by atoms with Gasteiger partial charge in [-0.15, -0.1) is 3.89 Å². The Morgan fingerprint density at radius 1 is 1.14 bits per heavy atom. The molecule has 0 heterocycles. The zero-order valence-electron chi connectivity index (χ0n) is 7.41. The zero-order valence-corrected chi connectivity index (χ0v) is 8.23. The standard InChI is InChI=1S/C9H10F2O2S/c10-9-5-3-8(4-6-9)2-1-7-14(11,12)13/h3-6H,1-2,7H2. The van der Waals surface area contributed by atoms with Gasteiger partial charge in [0.2, 0.25) is 0 Å². The lowest BCUT2D eigenvalue weighted by molar-refractivity contribution is 0.549. The smallest absolute Gasteiger partial charge is 0.207 e. The molecule has 0 saturated carbocycles. The van der Waals surface area contributed by atoms with E-state index < -0.39 is 16.0 Å². The van der Waals surface area contributed by atoms with Gasteiger partial charge in [-0.1, -0.05) is 12.1 Å². The Kier molecular flexibility index (Phi) is 3.57. The van der Waals surface area contributed by atoms with Crippen molar-refractivity contribution < 1.29 is 16.7 Å². The van der Waals surface area contributed by atoms with Crippen LogP contribution in [0.15, 0.2) is 24.3 Å². The lowest BCUT2D eigenvalue weighted by atomic mass is 10.1. The maximum Gasteiger partial charge on any atom is 0.302 e. The van der Waals surface area contributed by atoms with Gasteiger partial charge in [-0.2, -0.15) is 8.42 Å². The maximum atomic E-state index is 12.4. The third-order valence-electron chi connectivity index (χ3n) is 1.77. The average molecular weight is 220 g/mol. The van der Waals surface area contributed by atoms with Crippen LogP contribution >= 0.6 is 0 Å². The maximum absolute atomic E-state index is 12.4. The number of rotatable bonds is 4. The Morgan fingerprint density at radius 3 is 2.21 bits per heavy atom. The molecule has 0 aliphatic heterocycles. The van der Waals surface area contributed by atoms with Gasteiger partial charge < -0.3 is 0 Å². The lowest BCUT2D eigenvalue weighted by Crippen LogP contribution is -1.99. The normalized spacial score (nSPS) is 11.6. The van der Waals surface area contributed by atoms with Crippen LogP contribution in [0.5, 0.6) is 0 Å². The van der Waals surface area contributed by atoms with Gasteiger partial charge in [-0.05, 0) is 30.5 Å². The summed E-state index contributed by atoms with van der Waals surface area (Å²) in [5, 5.41) is 0. The van der Waals surface area contributed by atoms with Crippen molar-refractivity contribution in [3.8, 4) is 0 Å². The van der Waals surface area contributed by atoms with Crippen LogP contribution in [0.25, 0.3) is 0 Å². The summed E-state index contributed by atoms with van der Waals surface area (Å²) in [6, 6.07) is 5.69. The highest BCUT2D eigenvalue weighted by Gasteiger charge is 2.06. The highest BCUT2D eigenvalue weighted by atomic mass is 32.3. The first-order valence-corrected chi connectivity index (χ1v) is 5.69. The molecule has 78 valence electrons. The monoisotopic (exact) mass is 220 g/mol. The SMILES string of the molecule is O=S(=O)(F)CCCc1ccc(F)cc1. The number of benzene rings is 1. The van der Waals surface area contributed by atoms with E-state index in [4.69, 9.17) is 0 Å². The fraction of sp³-hybridized carbons (Fsp3) is 0.333. The summed E-state index contributed by atoms with van der Waals surface area (Å²) in [5.74, 6) is -0.823. The number of aryl methyl sites for hydroxylation is 1. The van der Waals surface area contributed by atoms with Gasteiger partial charge in [-0.3, -0.25) is 0 Å².